The number of hydrogen-bond acceptors (Lipinski definition) is 4. The van der Waals surface area contributed by atoms with E-state index in [1.54, 1.807) is 6.92 Å². The maximum absolute atomic E-state index is 13.4. The van der Waals surface area contributed by atoms with Gasteiger partial charge in [0.1, 0.15) is 5.82 Å². The lowest BCUT2D eigenvalue weighted by Crippen LogP contribution is -2.26. The summed E-state index contributed by atoms with van der Waals surface area (Å²) in [4.78, 5) is 15.7. The van der Waals surface area contributed by atoms with Crippen LogP contribution in [-0.4, -0.2) is 22.6 Å². The Morgan fingerprint density at radius 1 is 1.53 bits per heavy atom. The molecule has 0 aliphatic heterocycles. The van der Waals surface area contributed by atoms with Crippen LogP contribution < -0.4 is 5.32 Å². The molecular formula is C12H11ClFN3O2. The number of nitrogens with zero attached hydrogens (tertiary/aromatic N) is 2. The largest absolute Gasteiger partial charge is 0.351 e. The van der Waals surface area contributed by atoms with Crippen molar-refractivity contribution in [1.29, 1.82) is 0 Å². The zero-order valence-corrected chi connectivity index (χ0v) is 10.9. The topological polar surface area (TPSA) is 68.0 Å². The van der Waals surface area contributed by atoms with E-state index >= 15 is 0 Å². The van der Waals surface area contributed by atoms with Crippen LogP contribution in [0.15, 0.2) is 22.7 Å². The van der Waals surface area contributed by atoms with E-state index in [0.29, 0.717) is 23.2 Å². The van der Waals surface area contributed by atoms with Crippen LogP contribution >= 0.6 is 11.6 Å². The van der Waals surface area contributed by atoms with E-state index in [4.69, 9.17) is 16.1 Å². The van der Waals surface area contributed by atoms with Gasteiger partial charge in [0.2, 0.25) is 5.89 Å². The molecule has 0 radical (unpaired) electrons. The van der Waals surface area contributed by atoms with Gasteiger partial charge in [-0.15, -0.1) is 0 Å². The fourth-order valence-corrected chi connectivity index (χ4v) is 1.66. The van der Waals surface area contributed by atoms with Crippen molar-refractivity contribution in [3.8, 4) is 0 Å². The van der Waals surface area contributed by atoms with Gasteiger partial charge in [-0.2, -0.15) is 4.98 Å². The van der Waals surface area contributed by atoms with E-state index in [-0.39, 0.29) is 12.1 Å². The van der Waals surface area contributed by atoms with Gasteiger partial charge in [0.15, 0.2) is 5.82 Å². The molecule has 0 fully saturated rings. The highest BCUT2D eigenvalue weighted by atomic mass is 35.5. The molecule has 0 saturated carbocycles. The molecule has 0 bridgehead atoms. The number of carbonyl (C=O) groups excluding carboxylic acids is 1. The van der Waals surface area contributed by atoms with Gasteiger partial charge >= 0.3 is 0 Å². The van der Waals surface area contributed by atoms with Crippen LogP contribution in [0.3, 0.4) is 0 Å². The first-order chi connectivity index (χ1) is 9.06. The lowest BCUT2D eigenvalue weighted by atomic mass is 10.2. The lowest BCUT2D eigenvalue weighted by Gasteiger charge is -2.05. The van der Waals surface area contributed by atoms with Crippen molar-refractivity contribution in [2.75, 3.05) is 6.54 Å². The second-order valence-corrected chi connectivity index (χ2v) is 4.30. The molecule has 1 heterocycles. The minimum absolute atomic E-state index is 0.0887. The fourth-order valence-electron chi connectivity index (χ4n) is 1.49. The third-order valence-electron chi connectivity index (χ3n) is 2.37. The van der Waals surface area contributed by atoms with Crippen LogP contribution in [0.4, 0.5) is 4.39 Å². The molecule has 0 aliphatic carbocycles. The Kier molecular flexibility index (Phi) is 4.11. The van der Waals surface area contributed by atoms with Crippen LogP contribution in [0.1, 0.15) is 22.1 Å². The second-order valence-electron chi connectivity index (χ2n) is 3.87. The summed E-state index contributed by atoms with van der Waals surface area (Å²) in [7, 11) is 0. The summed E-state index contributed by atoms with van der Waals surface area (Å²) in [6.07, 6.45) is 0.384. The summed E-state index contributed by atoms with van der Waals surface area (Å²) < 4.78 is 18.3. The van der Waals surface area contributed by atoms with Crippen molar-refractivity contribution in [2.45, 2.75) is 13.3 Å². The molecule has 1 amide bonds. The van der Waals surface area contributed by atoms with Crippen molar-refractivity contribution in [3.63, 3.8) is 0 Å². The molecule has 2 aromatic rings. The van der Waals surface area contributed by atoms with Gasteiger partial charge in [0.25, 0.3) is 5.91 Å². The standard InChI is InChI=1S/C12H11ClFN3O2/c1-7-16-11(19-17-7)4-5-15-12(18)9-6-8(13)2-3-10(9)14/h2-3,6H,4-5H2,1H3,(H,15,18). The van der Waals surface area contributed by atoms with Crippen molar-refractivity contribution in [1.82, 2.24) is 15.5 Å². The highest BCUT2D eigenvalue weighted by Gasteiger charge is 2.12. The third-order valence-corrected chi connectivity index (χ3v) is 2.60. The average Bonchev–Trinajstić information content (AvgIpc) is 2.78. The average molecular weight is 284 g/mol. The number of aryl methyl sites for hydroxylation is 1. The van der Waals surface area contributed by atoms with E-state index in [2.05, 4.69) is 15.5 Å². The molecule has 1 aromatic heterocycles. The van der Waals surface area contributed by atoms with Gasteiger partial charge in [-0.05, 0) is 25.1 Å². The van der Waals surface area contributed by atoms with Gasteiger partial charge in [-0.3, -0.25) is 4.79 Å². The summed E-state index contributed by atoms with van der Waals surface area (Å²) >= 11 is 5.71. The summed E-state index contributed by atoms with van der Waals surface area (Å²) in [5, 5.41) is 6.49. The third kappa shape index (κ3) is 3.51. The molecule has 0 aliphatic rings. The Morgan fingerprint density at radius 3 is 3.00 bits per heavy atom. The smallest absolute Gasteiger partial charge is 0.254 e. The van der Waals surface area contributed by atoms with Crippen LogP contribution in [0.5, 0.6) is 0 Å². The molecule has 100 valence electrons. The van der Waals surface area contributed by atoms with Crippen LogP contribution in [0, 0.1) is 12.7 Å². The first kappa shape index (κ1) is 13.5. The molecule has 7 heteroatoms. The van der Waals surface area contributed by atoms with E-state index in [1.165, 1.54) is 12.1 Å². The molecule has 5 nitrogen and oxygen atoms in total. The molecule has 1 aromatic carbocycles. The quantitative estimate of drug-likeness (QED) is 0.933. The zero-order valence-electron chi connectivity index (χ0n) is 10.1. The number of hydrogen-bond donors (Lipinski definition) is 1. The first-order valence-corrected chi connectivity index (χ1v) is 5.96. The molecule has 19 heavy (non-hydrogen) atoms. The minimum atomic E-state index is -0.615. The van der Waals surface area contributed by atoms with E-state index in [9.17, 15) is 9.18 Å². The Bertz CT molecular complexity index is 600. The zero-order chi connectivity index (χ0) is 13.8. The highest BCUT2D eigenvalue weighted by Crippen LogP contribution is 2.14. The summed E-state index contributed by atoms with van der Waals surface area (Å²) in [5.41, 5.74) is -0.0887. The normalized spacial score (nSPS) is 10.5. The monoisotopic (exact) mass is 283 g/mol. The van der Waals surface area contributed by atoms with Crippen molar-refractivity contribution < 1.29 is 13.7 Å². The number of amides is 1. The van der Waals surface area contributed by atoms with Crippen molar-refractivity contribution >= 4 is 17.5 Å². The maximum atomic E-state index is 13.4. The number of carbonyl (C=O) groups is 1. The van der Waals surface area contributed by atoms with E-state index in [1.807, 2.05) is 0 Å². The first-order valence-electron chi connectivity index (χ1n) is 5.58. The highest BCUT2D eigenvalue weighted by molar-refractivity contribution is 6.30. The minimum Gasteiger partial charge on any atom is -0.351 e. The van der Waals surface area contributed by atoms with Gasteiger partial charge < -0.3 is 9.84 Å². The molecule has 2 rings (SSSR count). The summed E-state index contributed by atoms with van der Waals surface area (Å²) in [6.45, 7) is 1.97. The molecule has 0 saturated heterocycles. The number of rotatable bonds is 4. The predicted octanol–water partition coefficient (Wildman–Crippen LogP) is 2.14. The number of aromatic nitrogens is 2. The van der Waals surface area contributed by atoms with Crippen LogP contribution in [0.25, 0.3) is 0 Å². The van der Waals surface area contributed by atoms with Crippen molar-refractivity contribution in [3.05, 3.63) is 46.3 Å². The van der Waals surface area contributed by atoms with E-state index < -0.39 is 11.7 Å². The second kappa shape index (κ2) is 5.79. The van der Waals surface area contributed by atoms with Gasteiger partial charge in [-0.25, -0.2) is 4.39 Å². The number of halogens is 2. The number of nitrogens with one attached hydrogen (secondary N) is 1. The fraction of sp³-hybridized carbons (Fsp3) is 0.250. The van der Waals surface area contributed by atoms with Gasteiger partial charge in [-0.1, -0.05) is 16.8 Å². The molecule has 0 unspecified atom stereocenters. The van der Waals surface area contributed by atoms with Gasteiger partial charge in [0, 0.05) is 18.0 Å². The molecule has 1 N–H and O–H groups in total. The molecule has 0 spiro atoms. The maximum Gasteiger partial charge on any atom is 0.254 e. The summed E-state index contributed by atoms with van der Waals surface area (Å²) in [5.74, 6) is -0.196. The Morgan fingerprint density at radius 2 is 2.32 bits per heavy atom. The van der Waals surface area contributed by atoms with Crippen molar-refractivity contribution in [2.24, 2.45) is 0 Å². The lowest BCUT2D eigenvalue weighted by molar-refractivity contribution is 0.0949. The van der Waals surface area contributed by atoms with Crippen LogP contribution in [0.2, 0.25) is 5.02 Å². The Labute approximate surface area is 113 Å². The van der Waals surface area contributed by atoms with E-state index in [0.717, 1.165) is 6.07 Å². The Balaban J connectivity index is 1.92. The Hall–Kier alpha value is -1.95. The summed E-state index contributed by atoms with van der Waals surface area (Å²) in [6, 6.07) is 3.82. The predicted molar refractivity (Wildman–Crippen MR) is 66.5 cm³/mol. The molecule has 0 atom stereocenters. The molecular weight excluding hydrogens is 273 g/mol. The SMILES string of the molecule is Cc1noc(CCNC(=O)c2cc(Cl)ccc2F)n1. The van der Waals surface area contributed by atoms with Crippen LogP contribution in [-0.2, 0) is 6.42 Å². The number of benzene rings is 1. The van der Waals surface area contributed by atoms with Gasteiger partial charge in [0.05, 0.1) is 5.56 Å².